The number of carbonyl (C=O) groups is 1. The Balaban J connectivity index is 2.96. The first-order chi connectivity index (χ1) is 5.88. The molecule has 62 valence electrons. The highest BCUT2D eigenvalue weighted by atomic mass is 16.5. The zero-order valence-electron chi connectivity index (χ0n) is 6.86. The second-order valence-electron chi connectivity index (χ2n) is 2.29. The summed E-state index contributed by atoms with van der Waals surface area (Å²) < 4.78 is 4.76. The third kappa shape index (κ3) is 1.95. The third-order valence-corrected chi connectivity index (χ3v) is 1.48. The molecule has 0 spiro atoms. The molecule has 1 aromatic carbocycles. The van der Waals surface area contributed by atoms with Crippen LogP contribution in [0, 0.1) is 0 Å². The molecule has 0 atom stereocenters. The first-order valence-electron chi connectivity index (χ1n) is 3.62. The summed E-state index contributed by atoms with van der Waals surface area (Å²) in [4.78, 5) is 10.5. The SMILES string of the molecule is CO/C=C(/C=O)c1ccccc1. The van der Waals surface area contributed by atoms with Crippen molar-refractivity contribution < 1.29 is 9.53 Å². The number of allylic oxidation sites excluding steroid dienone is 1. The van der Waals surface area contributed by atoms with Crippen LogP contribution in [0.3, 0.4) is 0 Å². The van der Waals surface area contributed by atoms with Gasteiger partial charge in [0.1, 0.15) is 0 Å². The van der Waals surface area contributed by atoms with E-state index in [-0.39, 0.29) is 0 Å². The molecule has 0 saturated carbocycles. The summed E-state index contributed by atoms with van der Waals surface area (Å²) in [6, 6.07) is 9.38. The summed E-state index contributed by atoms with van der Waals surface area (Å²) in [5.41, 5.74) is 1.42. The molecule has 0 N–H and O–H groups in total. The summed E-state index contributed by atoms with van der Waals surface area (Å²) in [5, 5.41) is 0. The van der Waals surface area contributed by atoms with Crippen LogP contribution in [0.2, 0.25) is 0 Å². The predicted octanol–water partition coefficient (Wildman–Crippen LogP) is 1.87. The number of hydrogen-bond donors (Lipinski definition) is 0. The van der Waals surface area contributed by atoms with Crippen molar-refractivity contribution in [3.63, 3.8) is 0 Å². The van der Waals surface area contributed by atoms with E-state index in [1.165, 1.54) is 13.4 Å². The summed E-state index contributed by atoms with van der Waals surface area (Å²) >= 11 is 0. The second kappa shape index (κ2) is 4.34. The molecule has 2 nitrogen and oxygen atoms in total. The smallest absolute Gasteiger partial charge is 0.153 e. The van der Waals surface area contributed by atoms with Gasteiger partial charge in [-0.1, -0.05) is 30.3 Å². The molecule has 1 rings (SSSR count). The van der Waals surface area contributed by atoms with Gasteiger partial charge in [0, 0.05) is 0 Å². The fourth-order valence-electron chi connectivity index (χ4n) is 0.921. The molecule has 0 bridgehead atoms. The zero-order chi connectivity index (χ0) is 8.81. The molecule has 2 heteroatoms. The molecule has 0 fully saturated rings. The first-order valence-corrected chi connectivity index (χ1v) is 3.62. The van der Waals surface area contributed by atoms with Crippen LogP contribution in [-0.4, -0.2) is 13.4 Å². The van der Waals surface area contributed by atoms with Crippen molar-refractivity contribution in [2.24, 2.45) is 0 Å². The van der Waals surface area contributed by atoms with E-state index < -0.39 is 0 Å². The number of ether oxygens (including phenoxy) is 1. The van der Waals surface area contributed by atoms with Gasteiger partial charge in [0.05, 0.1) is 18.9 Å². The van der Waals surface area contributed by atoms with Crippen molar-refractivity contribution in [3.8, 4) is 0 Å². The molecular formula is C10H10O2. The minimum Gasteiger partial charge on any atom is -0.504 e. The van der Waals surface area contributed by atoms with Crippen LogP contribution in [-0.2, 0) is 9.53 Å². The Kier molecular flexibility index (Phi) is 3.08. The van der Waals surface area contributed by atoms with E-state index >= 15 is 0 Å². The number of benzene rings is 1. The highest BCUT2D eigenvalue weighted by Crippen LogP contribution is 2.10. The van der Waals surface area contributed by atoms with Crippen LogP contribution in [0.1, 0.15) is 5.56 Å². The molecule has 0 amide bonds. The van der Waals surface area contributed by atoms with Gasteiger partial charge in [0.2, 0.25) is 0 Å². The second-order valence-corrected chi connectivity index (χ2v) is 2.29. The lowest BCUT2D eigenvalue weighted by Gasteiger charge is -1.97. The maximum atomic E-state index is 10.5. The normalized spacial score (nSPS) is 10.9. The Bertz CT molecular complexity index is 275. The minimum absolute atomic E-state index is 0.554. The van der Waals surface area contributed by atoms with Gasteiger partial charge in [-0.25, -0.2) is 0 Å². The molecule has 0 aliphatic heterocycles. The topological polar surface area (TPSA) is 26.3 Å². The molecule has 12 heavy (non-hydrogen) atoms. The lowest BCUT2D eigenvalue weighted by atomic mass is 10.1. The maximum absolute atomic E-state index is 10.5. The molecule has 0 aliphatic carbocycles. The predicted molar refractivity (Wildman–Crippen MR) is 47.5 cm³/mol. The van der Waals surface area contributed by atoms with Gasteiger partial charge in [0.15, 0.2) is 6.29 Å². The number of methoxy groups -OCH3 is 1. The molecule has 0 aliphatic rings. The molecular weight excluding hydrogens is 152 g/mol. The lowest BCUT2D eigenvalue weighted by molar-refractivity contribution is -0.103. The van der Waals surface area contributed by atoms with Gasteiger partial charge in [-0.05, 0) is 5.56 Å². The van der Waals surface area contributed by atoms with E-state index in [0.717, 1.165) is 11.8 Å². The quantitative estimate of drug-likeness (QED) is 0.385. The molecule has 1 aromatic rings. The highest BCUT2D eigenvalue weighted by molar-refractivity contribution is 6.06. The fourth-order valence-corrected chi connectivity index (χ4v) is 0.921. The van der Waals surface area contributed by atoms with Crippen LogP contribution < -0.4 is 0 Å². The first kappa shape index (κ1) is 8.53. The molecule has 0 radical (unpaired) electrons. The Morgan fingerprint density at radius 2 is 2.00 bits per heavy atom. The highest BCUT2D eigenvalue weighted by Gasteiger charge is 1.97. The van der Waals surface area contributed by atoms with Gasteiger partial charge in [0.25, 0.3) is 0 Å². The Morgan fingerprint density at radius 3 is 2.50 bits per heavy atom. The average Bonchev–Trinajstić information content (AvgIpc) is 2.15. The van der Waals surface area contributed by atoms with Crippen molar-refractivity contribution in [1.29, 1.82) is 0 Å². The zero-order valence-corrected chi connectivity index (χ0v) is 6.86. The summed E-state index contributed by atoms with van der Waals surface area (Å²) in [5.74, 6) is 0. The van der Waals surface area contributed by atoms with Crippen LogP contribution in [0.4, 0.5) is 0 Å². The van der Waals surface area contributed by atoms with Gasteiger partial charge < -0.3 is 4.74 Å². The van der Waals surface area contributed by atoms with Gasteiger partial charge in [-0.3, -0.25) is 4.79 Å². The monoisotopic (exact) mass is 162 g/mol. The minimum atomic E-state index is 0.554. The van der Waals surface area contributed by atoms with E-state index in [1.54, 1.807) is 0 Å². The number of hydrogen-bond acceptors (Lipinski definition) is 2. The molecule has 0 heterocycles. The molecule has 0 aromatic heterocycles. The van der Waals surface area contributed by atoms with Crippen LogP contribution >= 0.6 is 0 Å². The number of rotatable bonds is 3. The van der Waals surface area contributed by atoms with Crippen molar-refractivity contribution >= 4 is 11.9 Å². The van der Waals surface area contributed by atoms with Crippen molar-refractivity contribution in [2.45, 2.75) is 0 Å². The third-order valence-electron chi connectivity index (χ3n) is 1.48. The van der Waals surface area contributed by atoms with Crippen molar-refractivity contribution in [3.05, 3.63) is 42.2 Å². The van der Waals surface area contributed by atoms with Crippen LogP contribution in [0.25, 0.3) is 5.57 Å². The van der Waals surface area contributed by atoms with Crippen molar-refractivity contribution in [1.82, 2.24) is 0 Å². The van der Waals surface area contributed by atoms with Gasteiger partial charge in [-0.2, -0.15) is 0 Å². The molecule has 0 saturated heterocycles. The average molecular weight is 162 g/mol. The van der Waals surface area contributed by atoms with E-state index in [4.69, 9.17) is 4.74 Å². The van der Waals surface area contributed by atoms with E-state index in [9.17, 15) is 4.79 Å². The number of carbonyl (C=O) groups excluding carboxylic acids is 1. The van der Waals surface area contributed by atoms with Gasteiger partial charge in [-0.15, -0.1) is 0 Å². The fraction of sp³-hybridized carbons (Fsp3) is 0.100. The Labute approximate surface area is 71.5 Å². The standard InChI is InChI=1S/C10H10O2/c1-12-8-10(7-11)9-5-3-2-4-6-9/h2-8H,1H3/b10-8-. The largest absolute Gasteiger partial charge is 0.504 e. The summed E-state index contributed by atoms with van der Waals surface area (Å²) in [6.45, 7) is 0. The molecule has 0 unspecified atom stereocenters. The van der Waals surface area contributed by atoms with E-state index in [0.29, 0.717) is 5.57 Å². The maximum Gasteiger partial charge on any atom is 0.153 e. The number of aldehydes is 1. The van der Waals surface area contributed by atoms with Gasteiger partial charge >= 0.3 is 0 Å². The van der Waals surface area contributed by atoms with Crippen LogP contribution in [0.5, 0.6) is 0 Å². The lowest BCUT2D eigenvalue weighted by Crippen LogP contribution is -1.85. The van der Waals surface area contributed by atoms with E-state index in [2.05, 4.69) is 0 Å². The van der Waals surface area contributed by atoms with E-state index in [1.807, 2.05) is 30.3 Å². The van der Waals surface area contributed by atoms with Crippen molar-refractivity contribution in [2.75, 3.05) is 7.11 Å². The van der Waals surface area contributed by atoms with Crippen LogP contribution in [0.15, 0.2) is 36.6 Å². The Hall–Kier alpha value is -1.57. The Morgan fingerprint density at radius 1 is 1.33 bits per heavy atom. The summed E-state index contributed by atoms with van der Waals surface area (Å²) in [7, 11) is 1.52. The summed E-state index contributed by atoms with van der Waals surface area (Å²) in [6.07, 6.45) is 2.21.